The maximum atomic E-state index is 12.4. The SMILES string of the molecule is CC(C)(C)NC(=O)Oc1ccc(F)nc1. The molecule has 0 radical (unpaired) electrons. The van der Waals surface area contributed by atoms with Gasteiger partial charge in [0.25, 0.3) is 0 Å². The lowest BCUT2D eigenvalue weighted by molar-refractivity contribution is 0.190. The van der Waals surface area contributed by atoms with Gasteiger partial charge < -0.3 is 10.1 Å². The van der Waals surface area contributed by atoms with Gasteiger partial charge in [-0.3, -0.25) is 0 Å². The zero-order valence-electron chi connectivity index (χ0n) is 8.87. The summed E-state index contributed by atoms with van der Waals surface area (Å²) in [5.74, 6) is -0.406. The van der Waals surface area contributed by atoms with Gasteiger partial charge in [-0.2, -0.15) is 4.39 Å². The minimum Gasteiger partial charge on any atom is -0.409 e. The Morgan fingerprint density at radius 3 is 2.60 bits per heavy atom. The van der Waals surface area contributed by atoms with Gasteiger partial charge in [0, 0.05) is 5.54 Å². The number of aromatic nitrogens is 1. The number of hydrogen-bond acceptors (Lipinski definition) is 3. The number of carbonyl (C=O) groups is 1. The van der Waals surface area contributed by atoms with Crippen LogP contribution in [-0.4, -0.2) is 16.6 Å². The predicted octanol–water partition coefficient (Wildman–Crippen LogP) is 2.11. The summed E-state index contributed by atoms with van der Waals surface area (Å²) in [7, 11) is 0. The van der Waals surface area contributed by atoms with Gasteiger partial charge in [0.05, 0.1) is 6.20 Å². The van der Waals surface area contributed by atoms with E-state index in [2.05, 4.69) is 10.3 Å². The first-order chi connectivity index (χ1) is 6.87. The van der Waals surface area contributed by atoms with Gasteiger partial charge in [0.2, 0.25) is 5.95 Å². The van der Waals surface area contributed by atoms with Crippen molar-refractivity contribution in [3.8, 4) is 5.75 Å². The first-order valence-corrected chi connectivity index (χ1v) is 4.48. The highest BCUT2D eigenvalue weighted by atomic mass is 19.1. The van der Waals surface area contributed by atoms with E-state index in [-0.39, 0.29) is 11.3 Å². The average molecular weight is 212 g/mol. The number of carbonyl (C=O) groups excluding carboxylic acids is 1. The molecule has 0 aliphatic rings. The summed E-state index contributed by atoms with van der Waals surface area (Å²) in [6.07, 6.45) is 0.563. The summed E-state index contributed by atoms with van der Waals surface area (Å²) >= 11 is 0. The van der Waals surface area contributed by atoms with Gasteiger partial charge in [-0.25, -0.2) is 9.78 Å². The van der Waals surface area contributed by atoms with E-state index in [0.29, 0.717) is 0 Å². The summed E-state index contributed by atoms with van der Waals surface area (Å²) in [5.41, 5.74) is -0.370. The number of nitrogens with zero attached hydrogens (tertiary/aromatic N) is 1. The van der Waals surface area contributed by atoms with E-state index in [1.54, 1.807) is 0 Å². The van der Waals surface area contributed by atoms with E-state index in [1.165, 1.54) is 6.07 Å². The number of rotatable bonds is 1. The highest BCUT2D eigenvalue weighted by Gasteiger charge is 2.15. The van der Waals surface area contributed by atoms with Crippen molar-refractivity contribution < 1.29 is 13.9 Å². The Bertz CT molecular complexity index is 343. The molecule has 1 aromatic rings. The number of pyridine rings is 1. The van der Waals surface area contributed by atoms with Crippen molar-refractivity contribution in [2.45, 2.75) is 26.3 Å². The second-order valence-electron chi connectivity index (χ2n) is 4.08. The zero-order valence-corrected chi connectivity index (χ0v) is 8.87. The molecule has 0 atom stereocenters. The van der Waals surface area contributed by atoms with Gasteiger partial charge in [-0.1, -0.05) is 0 Å². The molecule has 0 bridgehead atoms. The molecule has 15 heavy (non-hydrogen) atoms. The summed E-state index contributed by atoms with van der Waals surface area (Å²) in [6, 6.07) is 2.46. The summed E-state index contributed by atoms with van der Waals surface area (Å²) in [5, 5.41) is 2.60. The van der Waals surface area contributed by atoms with E-state index in [0.717, 1.165) is 12.3 Å². The van der Waals surface area contributed by atoms with Crippen LogP contribution in [-0.2, 0) is 0 Å². The van der Waals surface area contributed by atoms with Crippen LogP contribution in [0.25, 0.3) is 0 Å². The molecular formula is C10H13FN2O2. The molecule has 0 aliphatic carbocycles. The second-order valence-corrected chi connectivity index (χ2v) is 4.08. The number of halogens is 1. The molecule has 1 heterocycles. The fraction of sp³-hybridized carbons (Fsp3) is 0.400. The maximum absolute atomic E-state index is 12.4. The molecule has 0 spiro atoms. The smallest absolute Gasteiger partial charge is 0.409 e. The van der Waals surface area contributed by atoms with Crippen LogP contribution in [0.5, 0.6) is 5.75 Å². The zero-order chi connectivity index (χ0) is 11.5. The summed E-state index contributed by atoms with van der Waals surface area (Å²) < 4.78 is 17.3. The van der Waals surface area contributed by atoms with Crippen molar-refractivity contribution in [2.75, 3.05) is 0 Å². The molecule has 1 amide bonds. The highest BCUT2D eigenvalue weighted by Crippen LogP contribution is 2.09. The molecule has 0 aromatic carbocycles. The van der Waals surface area contributed by atoms with Crippen LogP contribution in [0.15, 0.2) is 18.3 Å². The third-order valence-corrected chi connectivity index (χ3v) is 1.39. The molecular weight excluding hydrogens is 199 g/mol. The van der Waals surface area contributed by atoms with Crippen LogP contribution in [0.4, 0.5) is 9.18 Å². The van der Waals surface area contributed by atoms with Crippen molar-refractivity contribution in [3.63, 3.8) is 0 Å². The van der Waals surface area contributed by atoms with Gasteiger partial charge >= 0.3 is 6.09 Å². The molecule has 0 saturated carbocycles. The largest absolute Gasteiger partial charge is 0.413 e. The second kappa shape index (κ2) is 4.25. The van der Waals surface area contributed by atoms with Crippen molar-refractivity contribution in [2.24, 2.45) is 0 Å². The standard InChI is InChI=1S/C10H13FN2O2/c1-10(2,3)13-9(14)15-7-4-5-8(11)12-6-7/h4-6H,1-3H3,(H,13,14). The lowest BCUT2D eigenvalue weighted by atomic mass is 10.1. The van der Waals surface area contributed by atoms with Crippen LogP contribution in [0.3, 0.4) is 0 Å². The van der Waals surface area contributed by atoms with E-state index in [1.807, 2.05) is 20.8 Å². The third kappa shape index (κ3) is 4.39. The minimum atomic E-state index is -0.612. The minimum absolute atomic E-state index is 0.207. The van der Waals surface area contributed by atoms with Crippen molar-refractivity contribution >= 4 is 6.09 Å². The molecule has 0 saturated heterocycles. The molecule has 1 rings (SSSR count). The summed E-state index contributed by atoms with van der Waals surface area (Å²) in [4.78, 5) is 14.6. The fourth-order valence-corrected chi connectivity index (χ4v) is 0.861. The average Bonchev–Trinajstić information content (AvgIpc) is 2.05. The molecule has 4 nitrogen and oxygen atoms in total. The van der Waals surface area contributed by atoms with E-state index >= 15 is 0 Å². The Kier molecular flexibility index (Phi) is 3.24. The van der Waals surface area contributed by atoms with E-state index in [9.17, 15) is 9.18 Å². The number of ether oxygens (including phenoxy) is 1. The molecule has 82 valence electrons. The van der Waals surface area contributed by atoms with Crippen molar-refractivity contribution in [1.82, 2.24) is 10.3 Å². The molecule has 0 unspecified atom stereocenters. The Morgan fingerprint density at radius 2 is 2.13 bits per heavy atom. The first kappa shape index (κ1) is 11.4. The Labute approximate surface area is 87.5 Å². The number of nitrogens with one attached hydrogen (secondary N) is 1. The van der Waals surface area contributed by atoms with E-state index in [4.69, 9.17) is 4.74 Å². The fourth-order valence-electron chi connectivity index (χ4n) is 0.861. The van der Waals surface area contributed by atoms with Crippen LogP contribution in [0.2, 0.25) is 0 Å². The molecule has 0 fully saturated rings. The van der Waals surface area contributed by atoms with Gasteiger partial charge in [-0.05, 0) is 32.9 Å². The van der Waals surface area contributed by atoms with E-state index < -0.39 is 12.0 Å². The van der Waals surface area contributed by atoms with Crippen LogP contribution >= 0.6 is 0 Å². The normalized spacial score (nSPS) is 10.9. The molecule has 5 heteroatoms. The van der Waals surface area contributed by atoms with Crippen LogP contribution in [0.1, 0.15) is 20.8 Å². The van der Waals surface area contributed by atoms with Gasteiger partial charge in [0.15, 0.2) is 5.75 Å². The molecule has 0 aliphatic heterocycles. The van der Waals surface area contributed by atoms with Crippen LogP contribution in [0, 0.1) is 5.95 Å². The maximum Gasteiger partial charge on any atom is 0.413 e. The topological polar surface area (TPSA) is 51.2 Å². The first-order valence-electron chi connectivity index (χ1n) is 4.48. The quantitative estimate of drug-likeness (QED) is 0.725. The number of amides is 1. The van der Waals surface area contributed by atoms with Crippen molar-refractivity contribution in [1.29, 1.82) is 0 Å². The van der Waals surface area contributed by atoms with Gasteiger partial charge in [-0.15, -0.1) is 0 Å². The molecule has 1 N–H and O–H groups in total. The lowest BCUT2D eigenvalue weighted by Crippen LogP contribution is -2.42. The third-order valence-electron chi connectivity index (χ3n) is 1.39. The molecule has 1 aromatic heterocycles. The predicted molar refractivity (Wildman–Crippen MR) is 53.1 cm³/mol. The Morgan fingerprint density at radius 1 is 1.47 bits per heavy atom. The highest BCUT2D eigenvalue weighted by molar-refractivity contribution is 5.70. The monoisotopic (exact) mass is 212 g/mol. The lowest BCUT2D eigenvalue weighted by Gasteiger charge is -2.19. The Hall–Kier alpha value is -1.65. The summed E-state index contributed by atoms with van der Waals surface area (Å²) in [6.45, 7) is 5.49. The van der Waals surface area contributed by atoms with Crippen molar-refractivity contribution in [3.05, 3.63) is 24.3 Å². The Balaban J connectivity index is 2.55. The van der Waals surface area contributed by atoms with Crippen LogP contribution < -0.4 is 10.1 Å². The van der Waals surface area contributed by atoms with Gasteiger partial charge in [0.1, 0.15) is 0 Å². The number of hydrogen-bond donors (Lipinski definition) is 1.